The van der Waals surface area contributed by atoms with Crippen LogP contribution >= 0.6 is 11.8 Å². The van der Waals surface area contributed by atoms with Crippen LogP contribution in [0.3, 0.4) is 0 Å². The van der Waals surface area contributed by atoms with E-state index in [0.29, 0.717) is 5.75 Å². The Morgan fingerprint density at radius 1 is 0.944 bits per heavy atom. The maximum Gasteiger partial charge on any atom is 0.327 e. The standard InChI is InChI=1S/C27H45N3O5S/c1-7-30(27(28)35)24(22(6)31)14-15-25(32)29-23(26(33)34)18-36-17-16-21(5)13-9-12-20(4)11-8-10-19(2)3/h10,12,16,23-24H,7-9,11,13-15,17-18H2,1-6H3,(H2,28,35)(H,29,32)(H,33,34). The van der Waals surface area contributed by atoms with Crippen molar-refractivity contribution < 1.29 is 24.3 Å². The fraction of sp³-hybridized carbons (Fsp3) is 0.630. The van der Waals surface area contributed by atoms with Gasteiger partial charge in [-0.1, -0.05) is 34.9 Å². The lowest BCUT2D eigenvalue weighted by Crippen LogP contribution is -2.48. The Kier molecular flexibility index (Phi) is 17.4. The molecule has 0 spiro atoms. The fourth-order valence-corrected chi connectivity index (χ4v) is 4.54. The minimum atomic E-state index is -1.11. The molecule has 0 aliphatic rings. The van der Waals surface area contributed by atoms with Crippen LogP contribution in [0.1, 0.15) is 80.1 Å². The first-order chi connectivity index (χ1) is 16.9. The van der Waals surface area contributed by atoms with Gasteiger partial charge < -0.3 is 21.1 Å². The molecule has 36 heavy (non-hydrogen) atoms. The zero-order valence-electron chi connectivity index (χ0n) is 22.8. The van der Waals surface area contributed by atoms with Crippen molar-refractivity contribution in [1.29, 1.82) is 0 Å². The van der Waals surface area contributed by atoms with Crippen LogP contribution in [0, 0.1) is 0 Å². The predicted molar refractivity (Wildman–Crippen MR) is 148 cm³/mol. The number of allylic oxidation sites excluding steroid dienone is 5. The Balaban J connectivity index is 4.56. The van der Waals surface area contributed by atoms with Crippen molar-refractivity contribution in [2.75, 3.05) is 18.1 Å². The van der Waals surface area contributed by atoms with Crippen LogP contribution in [0.15, 0.2) is 34.9 Å². The molecular weight excluding hydrogens is 478 g/mol. The average molecular weight is 524 g/mol. The van der Waals surface area contributed by atoms with Crippen molar-refractivity contribution in [1.82, 2.24) is 10.2 Å². The number of carbonyl (C=O) groups excluding carboxylic acids is 3. The van der Waals surface area contributed by atoms with Crippen molar-refractivity contribution >= 4 is 35.5 Å². The number of hydrogen-bond donors (Lipinski definition) is 3. The largest absolute Gasteiger partial charge is 0.480 e. The van der Waals surface area contributed by atoms with E-state index in [2.05, 4.69) is 51.2 Å². The van der Waals surface area contributed by atoms with E-state index in [1.165, 1.54) is 40.3 Å². The van der Waals surface area contributed by atoms with Crippen molar-refractivity contribution in [2.45, 2.75) is 92.2 Å². The van der Waals surface area contributed by atoms with E-state index in [0.717, 1.165) is 25.7 Å². The summed E-state index contributed by atoms with van der Waals surface area (Å²) in [6.45, 7) is 11.7. The third-order valence-corrected chi connectivity index (χ3v) is 6.68. The first kappa shape index (κ1) is 33.4. The summed E-state index contributed by atoms with van der Waals surface area (Å²) in [7, 11) is 0. The van der Waals surface area contributed by atoms with E-state index in [4.69, 9.17) is 5.73 Å². The number of ketones is 1. The van der Waals surface area contributed by atoms with Crippen molar-refractivity contribution in [3.05, 3.63) is 34.9 Å². The lowest BCUT2D eigenvalue weighted by atomic mass is 10.1. The number of carboxylic acids is 1. The number of Topliss-reactive ketones (excluding diaryl/α,β-unsaturated/α-hetero) is 1. The minimum absolute atomic E-state index is 0.0806. The Hall–Kier alpha value is -2.55. The number of nitrogens with two attached hydrogens (primary N) is 1. The van der Waals surface area contributed by atoms with Gasteiger partial charge >= 0.3 is 12.0 Å². The Morgan fingerprint density at radius 3 is 2.03 bits per heavy atom. The van der Waals surface area contributed by atoms with Gasteiger partial charge in [0.2, 0.25) is 5.91 Å². The second-order valence-electron chi connectivity index (χ2n) is 9.24. The first-order valence-corrected chi connectivity index (χ1v) is 13.6. The fourth-order valence-electron chi connectivity index (χ4n) is 3.54. The summed E-state index contributed by atoms with van der Waals surface area (Å²) in [6, 6.07) is -2.57. The molecule has 2 atom stereocenters. The molecule has 0 aliphatic carbocycles. The van der Waals surface area contributed by atoms with Crippen molar-refractivity contribution in [3.8, 4) is 0 Å². The number of urea groups is 1. The molecular formula is C27H45N3O5S. The van der Waals surface area contributed by atoms with E-state index >= 15 is 0 Å². The highest BCUT2D eigenvalue weighted by Crippen LogP contribution is 2.14. The molecule has 0 saturated carbocycles. The van der Waals surface area contributed by atoms with Gasteiger partial charge in [0.1, 0.15) is 6.04 Å². The molecule has 0 fully saturated rings. The Bertz CT molecular complexity index is 831. The number of primary amides is 1. The normalized spacial score (nSPS) is 13.5. The van der Waals surface area contributed by atoms with Gasteiger partial charge in [0, 0.05) is 24.5 Å². The van der Waals surface area contributed by atoms with E-state index < -0.39 is 30.0 Å². The highest BCUT2D eigenvalue weighted by Gasteiger charge is 2.26. The summed E-state index contributed by atoms with van der Waals surface area (Å²) >= 11 is 1.44. The van der Waals surface area contributed by atoms with Crippen molar-refractivity contribution in [3.63, 3.8) is 0 Å². The third-order valence-electron chi connectivity index (χ3n) is 5.70. The number of hydrogen-bond acceptors (Lipinski definition) is 5. The molecule has 9 heteroatoms. The summed E-state index contributed by atoms with van der Waals surface area (Å²) in [5.41, 5.74) is 9.29. The Morgan fingerprint density at radius 2 is 1.53 bits per heavy atom. The molecule has 8 nitrogen and oxygen atoms in total. The topological polar surface area (TPSA) is 130 Å². The quantitative estimate of drug-likeness (QED) is 0.174. The van der Waals surface area contributed by atoms with Gasteiger partial charge in [0.05, 0.1) is 6.04 Å². The lowest BCUT2D eigenvalue weighted by molar-refractivity contribution is -0.141. The molecule has 0 bridgehead atoms. The van der Waals surface area contributed by atoms with E-state index in [1.54, 1.807) is 6.92 Å². The number of nitrogens with one attached hydrogen (secondary N) is 1. The molecule has 0 aromatic carbocycles. The highest BCUT2D eigenvalue weighted by atomic mass is 32.2. The van der Waals surface area contributed by atoms with Gasteiger partial charge in [-0.05, 0) is 73.6 Å². The van der Waals surface area contributed by atoms with Gasteiger partial charge in [0.25, 0.3) is 0 Å². The monoisotopic (exact) mass is 523 g/mol. The molecule has 0 heterocycles. The summed E-state index contributed by atoms with van der Waals surface area (Å²) in [5.74, 6) is -0.975. The zero-order chi connectivity index (χ0) is 27.7. The molecule has 0 aliphatic heterocycles. The number of aliphatic carboxylic acids is 1. The van der Waals surface area contributed by atoms with Crippen LogP contribution in [0.25, 0.3) is 0 Å². The van der Waals surface area contributed by atoms with Gasteiger partial charge in [-0.15, -0.1) is 0 Å². The van der Waals surface area contributed by atoms with Crippen LogP contribution < -0.4 is 11.1 Å². The minimum Gasteiger partial charge on any atom is -0.480 e. The number of thioether (sulfide) groups is 1. The molecule has 0 aromatic rings. The SMILES string of the molecule is CCN(C(N)=O)C(CCC(=O)NC(CSCC=C(C)CCC=C(C)CCC=C(C)C)C(=O)O)C(C)=O. The van der Waals surface area contributed by atoms with E-state index in [-0.39, 0.29) is 30.9 Å². The summed E-state index contributed by atoms with van der Waals surface area (Å²) in [6.07, 6.45) is 10.7. The Labute approximate surface area is 220 Å². The lowest BCUT2D eigenvalue weighted by Gasteiger charge is -2.27. The molecule has 0 aromatic heterocycles. The van der Waals surface area contributed by atoms with E-state index in [9.17, 15) is 24.3 Å². The van der Waals surface area contributed by atoms with Crippen LogP contribution in [0.2, 0.25) is 0 Å². The predicted octanol–water partition coefficient (Wildman–Crippen LogP) is 4.85. The van der Waals surface area contributed by atoms with Crippen LogP contribution in [-0.4, -0.2) is 63.8 Å². The maximum atomic E-state index is 12.3. The van der Waals surface area contributed by atoms with E-state index in [1.807, 2.05) is 0 Å². The number of carbonyl (C=O) groups is 4. The average Bonchev–Trinajstić information content (AvgIpc) is 2.77. The van der Waals surface area contributed by atoms with Gasteiger partial charge in [-0.25, -0.2) is 9.59 Å². The molecule has 204 valence electrons. The smallest absolute Gasteiger partial charge is 0.327 e. The summed E-state index contributed by atoms with van der Waals surface area (Å²) in [5, 5.41) is 12.0. The number of carboxylic acid groups (broad SMARTS) is 1. The first-order valence-electron chi connectivity index (χ1n) is 12.5. The zero-order valence-corrected chi connectivity index (χ0v) is 23.6. The third kappa shape index (κ3) is 15.4. The number of amides is 3. The molecule has 2 unspecified atom stereocenters. The van der Waals surface area contributed by atoms with Gasteiger partial charge in [-0.2, -0.15) is 11.8 Å². The van der Waals surface area contributed by atoms with Crippen LogP contribution in [-0.2, 0) is 14.4 Å². The van der Waals surface area contributed by atoms with Gasteiger partial charge in [0.15, 0.2) is 5.78 Å². The number of likely N-dealkylation sites (N-methyl/N-ethyl adjacent to an activating group) is 1. The van der Waals surface area contributed by atoms with Crippen molar-refractivity contribution in [2.24, 2.45) is 5.73 Å². The molecule has 0 radical (unpaired) electrons. The number of nitrogens with zero attached hydrogens (tertiary/aromatic N) is 1. The van der Waals surface area contributed by atoms with Crippen LogP contribution in [0.4, 0.5) is 4.79 Å². The molecule has 0 rings (SSSR count). The van der Waals surface area contributed by atoms with Gasteiger partial charge in [-0.3, -0.25) is 9.59 Å². The molecule has 4 N–H and O–H groups in total. The summed E-state index contributed by atoms with van der Waals surface area (Å²) < 4.78 is 0. The van der Waals surface area contributed by atoms with Crippen LogP contribution in [0.5, 0.6) is 0 Å². The highest BCUT2D eigenvalue weighted by molar-refractivity contribution is 7.99. The summed E-state index contributed by atoms with van der Waals surface area (Å²) in [4.78, 5) is 48.6. The second-order valence-corrected chi connectivity index (χ2v) is 10.3. The maximum absolute atomic E-state index is 12.3. The molecule has 3 amide bonds. The molecule has 0 saturated heterocycles. The second kappa shape index (κ2) is 18.7. The number of rotatable bonds is 18.